The molecule has 6 atom stereocenters. The second kappa shape index (κ2) is 8.07. The maximum atomic E-state index is 13.3. The second-order valence-corrected chi connectivity index (χ2v) is 11.0. The number of alkyl halides is 3. The van der Waals surface area contributed by atoms with Crippen molar-refractivity contribution in [1.82, 2.24) is 0 Å². The summed E-state index contributed by atoms with van der Waals surface area (Å²) in [6.45, 7) is 4.71. The third-order valence-corrected chi connectivity index (χ3v) is 9.46. The zero-order chi connectivity index (χ0) is 23.4. The van der Waals surface area contributed by atoms with Crippen LogP contribution in [0.25, 0.3) is 0 Å². The van der Waals surface area contributed by atoms with Gasteiger partial charge in [0.15, 0.2) is 0 Å². The summed E-state index contributed by atoms with van der Waals surface area (Å²) < 4.78 is 39.8. The van der Waals surface area contributed by atoms with Crippen LogP contribution in [0.4, 0.5) is 13.2 Å². The molecule has 0 heterocycles. The van der Waals surface area contributed by atoms with Gasteiger partial charge in [0.2, 0.25) is 0 Å². The van der Waals surface area contributed by atoms with E-state index in [0.29, 0.717) is 17.8 Å². The standard InChI is InChI=1S/C27H33F3N2O/c1-25-13-11-19(33)15-18(25)7-8-20-22-9-10-24(26(22,2)14-12-23(20)25)32-31-16-17-5-3-4-6-21(17)27(28,29)30/h3-7,16,19-20,22-23,33H,8-15H2,1-2H3/b31-16-,32-24-/t19-,20-,22-,23-,25+,26+/m1/s1. The lowest BCUT2D eigenvalue weighted by Gasteiger charge is -2.57. The molecule has 178 valence electrons. The first-order valence-electron chi connectivity index (χ1n) is 12.3. The summed E-state index contributed by atoms with van der Waals surface area (Å²) in [7, 11) is 0. The SMILES string of the molecule is C[C@]12CC[C@@H](O)CC1=CC[C@H]1[C@H]2CC[C@]2(C)/C(=N\N=C/c3ccccc3C(F)(F)F)CC[C@H]12. The third-order valence-electron chi connectivity index (χ3n) is 9.46. The minimum absolute atomic E-state index is 0.0298. The topological polar surface area (TPSA) is 45.0 Å². The predicted molar refractivity (Wildman–Crippen MR) is 124 cm³/mol. The predicted octanol–water partition coefficient (Wildman–Crippen LogP) is 6.80. The van der Waals surface area contributed by atoms with E-state index >= 15 is 0 Å². The molecule has 0 radical (unpaired) electrons. The van der Waals surface area contributed by atoms with Crippen molar-refractivity contribution in [2.24, 2.45) is 38.8 Å². The number of nitrogens with zero attached hydrogens (tertiary/aromatic N) is 2. The highest BCUT2D eigenvalue weighted by atomic mass is 19.4. The number of halogens is 3. The highest BCUT2D eigenvalue weighted by Gasteiger charge is 2.57. The van der Waals surface area contributed by atoms with Gasteiger partial charge in [0, 0.05) is 16.7 Å². The number of rotatable bonds is 2. The van der Waals surface area contributed by atoms with Crippen LogP contribution in [0.5, 0.6) is 0 Å². The van der Waals surface area contributed by atoms with Crippen molar-refractivity contribution in [1.29, 1.82) is 0 Å². The number of fused-ring (bicyclic) bond motifs is 5. The molecule has 0 unspecified atom stereocenters. The fraction of sp³-hybridized carbons (Fsp3) is 0.630. The maximum Gasteiger partial charge on any atom is 0.417 e. The molecule has 4 aliphatic carbocycles. The van der Waals surface area contributed by atoms with Crippen molar-refractivity contribution in [2.75, 3.05) is 0 Å². The molecule has 0 spiro atoms. The molecule has 0 bridgehead atoms. The Hall–Kier alpha value is -1.95. The Morgan fingerprint density at radius 1 is 1.03 bits per heavy atom. The van der Waals surface area contributed by atoms with Gasteiger partial charge in [-0.3, -0.25) is 0 Å². The Kier molecular flexibility index (Phi) is 5.58. The minimum Gasteiger partial charge on any atom is -0.393 e. The summed E-state index contributed by atoms with van der Waals surface area (Å²) in [5.74, 6) is 1.79. The first-order valence-corrected chi connectivity index (χ1v) is 12.3. The average molecular weight is 459 g/mol. The minimum atomic E-state index is -4.41. The van der Waals surface area contributed by atoms with Crippen LogP contribution in [0.2, 0.25) is 0 Å². The fourth-order valence-electron chi connectivity index (χ4n) is 7.62. The van der Waals surface area contributed by atoms with Crippen LogP contribution in [0, 0.1) is 28.6 Å². The number of allylic oxidation sites excluding steroid dienone is 1. The number of aliphatic hydroxyl groups is 1. The lowest BCUT2D eigenvalue weighted by Crippen LogP contribution is -2.50. The summed E-state index contributed by atoms with van der Waals surface area (Å²) in [5.41, 5.74) is 2.05. The van der Waals surface area contributed by atoms with E-state index in [1.165, 1.54) is 23.9 Å². The zero-order valence-corrected chi connectivity index (χ0v) is 19.4. The van der Waals surface area contributed by atoms with Crippen molar-refractivity contribution < 1.29 is 18.3 Å². The summed E-state index contributed by atoms with van der Waals surface area (Å²) in [6, 6.07) is 5.50. The molecular formula is C27H33F3N2O. The molecule has 1 N–H and O–H groups in total. The maximum absolute atomic E-state index is 13.3. The van der Waals surface area contributed by atoms with E-state index in [1.807, 2.05) is 0 Å². The zero-order valence-electron chi connectivity index (χ0n) is 19.4. The molecule has 3 saturated carbocycles. The van der Waals surface area contributed by atoms with E-state index in [1.54, 1.807) is 6.07 Å². The Bertz CT molecular complexity index is 1010. The molecule has 1 aromatic carbocycles. The molecule has 0 aromatic heterocycles. The number of hydrogen-bond donors (Lipinski definition) is 1. The summed E-state index contributed by atoms with van der Waals surface area (Å²) in [6.07, 6.45) is 7.05. The van der Waals surface area contributed by atoms with Crippen LogP contribution in [-0.2, 0) is 6.18 Å². The van der Waals surface area contributed by atoms with Gasteiger partial charge in [-0.15, -0.1) is 0 Å². The fourth-order valence-corrected chi connectivity index (χ4v) is 7.62. The van der Waals surface area contributed by atoms with Crippen molar-refractivity contribution in [3.05, 3.63) is 47.0 Å². The van der Waals surface area contributed by atoms with Crippen LogP contribution < -0.4 is 0 Å². The van der Waals surface area contributed by atoms with Gasteiger partial charge in [0.25, 0.3) is 0 Å². The first-order chi connectivity index (χ1) is 15.6. The molecule has 0 saturated heterocycles. The van der Waals surface area contributed by atoms with Gasteiger partial charge in [-0.25, -0.2) is 0 Å². The highest BCUT2D eigenvalue weighted by Crippen LogP contribution is 2.64. The first kappa shape index (κ1) is 22.8. The lowest BCUT2D eigenvalue weighted by atomic mass is 9.48. The average Bonchev–Trinajstić information content (AvgIpc) is 3.10. The molecule has 1 aromatic rings. The van der Waals surface area contributed by atoms with Gasteiger partial charge in [-0.1, -0.05) is 43.7 Å². The number of hydrogen-bond acceptors (Lipinski definition) is 3. The Morgan fingerprint density at radius 3 is 2.55 bits per heavy atom. The quantitative estimate of drug-likeness (QED) is 0.296. The highest BCUT2D eigenvalue weighted by molar-refractivity contribution is 5.93. The molecule has 5 rings (SSSR count). The molecule has 0 amide bonds. The Balaban J connectivity index is 1.38. The third kappa shape index (κ3) is 3.78. The van der Waals surface area contributed by atoms with Crippen molar-refractivity contribution in [3.63, 3.8) is 0 Å². The van der Waals surface area contributed by atoms with Crippen LogP contribution in [0.15, 0.2) is 46.1 Å². The van der Waals surface area contributed by atoms with Crippen molar-refractivity contribution >= 4 is 11.9 Å². The van der Waals surface area contributed by atoms with Gasteiger partial charge in [0.05, 0.1) is 17.9 Å². The van der Waals surface area contributed by atoms with E-state index in [-0.39, 0.29) is 22.5 Å². The van der Waals surface area contributed by atoms with Crippen molar-refractivity contribution in [2.45, 2.75) is 77.5 Å². The van der Waals surface area contributed by atoms with E-state index in [0.717, 1.165) is 63.1 Å². The lowest BCUT2D eigenvalue weighted by molar-refractivity contribution is -0.137. The Labute approximate surface area is 193 Å². The molecule has 33 heavy (non-hydrogen) atoms. The molecule has 3 fully saturated rings. The van der Waals surface area contributed by atoms with Gasteiger partial charge < -0.3 is 5.11 Å². The van der Waals surface area contributed by atoms with Gasteiger partial charge in [-0.2, -0.15) is 23.4 Å². The Morgan fingerprint density at radius 2 is 1.76 bits per heavy atom. The number of aliphatic hydroxyl groups excluding tert-OH is 1. The second-order valence-electron chi connectivity index (χ2n) is 11.0. The summed E-state index contributed by atoms with van der Waals surface area (Å²) in [5, 5.41) is 18.8. The smallest absolute Gasteiger partial charge is 0.393 e. The number of benzene rings is 1. The van der Waals surface area contributed by atoms with Crippen molar-refractivity contribution in [3.8, 4) is 0 Å². The van der Waals surface area contributed by atoms with E-state index < -0.39 is 11.7 Å². The van der Waals surface area contributed by atoms with Crippen LogP contribution in [0.1, 0.15) is 76.3 Å². The largest absolute Gasteiger partial charge is 0.417 e. The molecule has 3 nitrogen and oxygen atoms in total. The van der Waals surface area contributed by atoms with Gasteiger partial charge in [-0.05, 0) is 80.6 Å². The summed E-state index contributed by atoms with van der Waals surface area (Å²) >= 11 is 0. The van der Waals surface area contributed by atoms with Crippen LogP contribution in [-0.4, -0.2) is 23.1 Å². The molecular weight excluding hydrogens is 425 g/mol. The van der Waals surface area contributed by atoms with E-state index in [4.69, 9.17) is 0 Å². The van der Waals surface area contributed by atoms with Crippen LogP contribution in [0.3, 0.4) is 0 Å². The molecule has 6 heteroatoms. The van der Waals surface area contributed by atoms with Gasteiger partial charge in [0.1, 0.15) is 0 Å². The molecule has 4 aliphatic rings. The van der Waals surface area contributed by atoms with Gasteiger partial charge >= 0.3 is 6.18 Å². The van der Waals surface area contributed by atoms with Crippen LogP contribution >= 0.6 is 0 Å². The monoisotopic (exact) mass is 458 g/mol. The molecule has 0 aliphatic heterocycles. The normalized spacial score (nSPS) is 39.8. The summed E-state index contributed by atoms with van der Waals surface area (Å²) in [4.78, 5) is 0. The van der Waals surface area contributed by atoms with E-state index in [2.05, 4.69) is 30.1 Å². The van der Waals surface area contributed by atoms with E-state index in [9.17, 15) is 18.3 Å².